The molecule has 0 N–H and O–H groups in total. The van der Waals surface area contributed by atoms with Crippen LogP contribution in [-0.2, 0) is 0 Å². The number of benzene rings is 8. The Labute approximate surface area is 290 Å². The van der Waals surface area contributed by atoms with Gasteiger partial charge in [-0.15, -0.1) is 11.3 Å². The fourth-order valence-electron chi connectivity index (χ4n) is 7.10. The number of anilines is 6. The average Bonchev–Trinajstić information content (AvgIpc) is 3.47. The summed E-state index contributed by atoms with van der Waals surface area (Å²) in [6.07, 6.45) is 0. The van der Waals surface area contributed by atoms with Gasteiger partial charge < -0.3 is 9.80 Å². The van der Waals surface area contributed by atoms with Crippen LogP contribution in [0.3, 0.4) is 0 Å². The number of rotatable bonds is 6. The molecule has 234 valence electrons. The third kappa shape index (κ3) is 5.39. The number of hydrogen-bond acceptors (Lipinski definition) is 3. The van der Waals surface area contributed by atoms with E-state index in [9.17, 15) is 0 Å². The zero-order valence-electron chi connectivity index (χ0n) is 27.5. The first kappa shape index (κ1) is 29.3. The summed E-state index contributed by atoms with van der Waals surface area (Å²) in [5, 5.41) is 7.59. The molecular formula is C46H34N2S. The predicted octanol–water partition coefficient (Wildman–Crippen LogP) is 13.9. The molecule has 0 aliphatic rings. The van der Waals surface area contributed by atoms with Crippen molar-refractivity contribution in [1.82, 2.24) is 0 Å². The SMILES string of the molecule is Cc1cccc(N(c2ccccc2)c2ccc3cc4sc5cc6ccc(N(c7ccccc7)c7cccc(C)c7)cc6cc5c4cc3c2)c1. The van der Waals surface area contributed by atoms with E-state index in [1.165, 1.54) is 52.8 Å². The van der Waals surface area contributed by atoms with Gasteiger partial charge in [-0.2, -0.15) is 0 Å². The lowest BCUT2D eigenvalue weighted by Crippen LogP contribution is -2.09. The highest BCUT2D eigenvalue weighted by Crippen LogP contribution is 2.43. The molecule has 0 atom stereocenters. The Balaban J connectivity index is 1.19. The summed E-state index contributed by atoms with van der Waals surface area (Å²) in [5.74, 6) is 0. The Morgan fingerprint density at radius 2 is 0.735 bits per heavy atom. The van der Waals surface area contributed by atoms with E-state index >= 15 is 0 Å². The molecule has 1 aromatic heterocycles. The highest BCUT2D eigenvalue weighted by Gasteiger charge is 2.16. The van der Waals surface area contributed by atoms with Crippen molar-refractivity contribution in [3.63, 3.8) is 0 Å². The van der Waals surface area contributed by atoms with Gasteiger partial charge in [-0.05, 0) is 144 Å². The Bertz CT molecular complexity index is 2460. The van der Waals surface area contributed by atoms with E-state index in [0.29, 0.717) is 0 Å². The number of para-hydroxylation sites is 2. The number of hydrogen-bond donors (Lipinski definition) is 0. The van der Waals surface area contributed by atoms with E-state index in [1.807, 2.05) is 11.3 Å². The molecule has 0 aliphatic carbocycles. The second kappa shape index (κ2) is 12.0. The fraction of sp³-hybridized carbons (Fsp3) is 0.0435. The second-order valence-corrected chi connectivity index (χ2v) is 14.0. The fourth-order valence-corrected chi connectivity index (χ4v) is 8.26. The van der Waals surface area contributed by atoms with Crippen LogP contribution in [0.4, 0.5) is 34.1 Å². The number of aryl methyl sites for hydroxylation is 2. The van der Waals surface area contributed by atoms with Crippen molar-refractivity contribution in [3.05, 3.63) is 181 Å². The zero-order valence-corrected chi connectivity index (χ0v) is 28.3. The van der Waals surface area contributed by atoms with E-state index in [0.717, 1.165) is 34.1 Å². The van der Waals surface area contributed by atoms with Crippen molar-refractivity contribution in [3.8, 4) is 0 Å². The molecule has 0 saturated carbocycles. The van der Waals surface area contributed by atoms with Crippen LogP contribution < -0.4 is 9.80 Å². The maximum atomic E-state index is 2.39. The first-order chi connectivity index (χ1) is 24.1. The molecule has 0 radical (unpaired) electrons. The Kier molecular flexibility index (Phi) is 7.14. The smallest absolute Gasteiger partial charge is 0.0468 e. The summed E-state index contributed by atoms with van der Waals surface area (Å²) in [6.45, 7) is 4.31. The van der Waals surface area contributed by atoms with Crippen LogP contribution in [0.15, 0.2) is 170 Å². The molecule has 9 rings (SSSR count). The van der Waals surface area contributed by atoms with E-state index in [1.54, 1.807) is 0 Å². The molecule has 0 saturated heterocycles. The molecule has 2 nitrogen and oxygen atoms in total. The second-order valence-electron chi connectivity index (χ2n) is 12.9. The third-order valence-corrected chi connectivity index (χ3v) is 10.5. The maximum absolute atomic E-state index is 2.39. The molecule has 3 heteroatoms. The van der Waals surface area contributed by atoms with Crippen molar-refractivity contribution in [2.45, 2.75) is 13.8 Å². The van der Waals surface area contributed by atoms with E-state index in [-0.39, 0.29) is 0 Å². The van der Waals surface area contributed by atoms with Gasteiger partial charge in [0.1, 0.15) is 0 Å². The highest BCUT2D eigenvalue weighted by molar-refractivity contribution is 7.26. The van der Waals surface area contributed by atoms with Gasteiger partial charge in [0, 0.05) is 54.3 Å². The molecule has 1 heterocycles. The van der Waals surface area contributed by atoms with Crippen LogP contribution in [0.5, 0.6) is 0 Å². The lowest BCUT2D eigenvalue weighted by atomic mass is 10.0. The van der Waals surface area contributed by atoms with Crippen molar-refractivity contribution in [1.29, 1.82) is 0 Å². The first-order valence-corrected chi connectivity index (χ1v) is 17.6. The molecule has 9 aromatic rings. The van der Waals surface area contributed by atoms with Crippen LogP contribution in [0, 0.1) is 13.8 Å². The quantitative estimate of drug-likeness (QED) is 0.177. The summed E-state index contributed by atoms with van der Waals surface area (Å²) in [5.41, 5.74) is 9.39. The van der Waals surface area contributed by atoms with E-state index in [4.69, 9.17) is 0 Å². The van der Waals surface area contributed by atoms with Gasteiger partial charge in [0.2, 0.25) is 0 Å². The molecular weight excluding hydrogens is 613 g/mol. The van der Waals surface area contributed by atoms with Gasteiger partial charge in [0.25, 0.3) is 0 Å². The summed E-state index contributed by atoms with van der Waals surface area (Å²) in [7, 11) is 0. The van der Waals surface area contributed by atoms with E-state index in [2.05, 4.69) is 194 Å². The largest absolute Gasteiger partial charge is 0.310 e. The van der Waals surface area contributed by atoms with Gasteiger partial charge in [-0.25, -0.2) is 0 Å². The number of nitrogens with zero attached hydrogens (tertiary/aromatic N) is 2. The van der Waals surface area contributed by atoms with Gasteiger partial charge in [0.15, 0.2) is 0 Å². The molecule has 0 spiro atoms. The van der Waals surface area contributed by atoms with Crippen molar-refractivity contribution in [2.24, 2.45) is 0 Å². The minimum atomic E-state index is 1.15. The maximum Gasteiger partial charge on any atom is 0.0468 e. The number of fused-ring (bicyclic) bond motifs is 5. The molecule has 0 unspecified atom stereocenters. The standard InChI is InChI=1S/C46H34N2S/c1-31-11-9-17-39(23-31)47(37-13-5-3-6-14-37)41-21-19-33-29-45-43(27-35(33)25-41)44-28-36-26-42(22-20-34(36)30-46(44)49-45)48(38-15-7-4-8-16-38)40-18-10-12-32(2)24-40/h3-30H,1-2H3. The first-order valence-electron chi connectivity index (χ1n) is 16.7. The van der Waals surface area contributed by atoms with Crippen LogP contribution in [0.1, 0.15) is 11.1 Å². The summed E-state index contributed by atoms with van der Waals surface area (Å²) < 4.78 is 2.63. The van der Waals surface area contributed by atoms with Crippen LogP contribution in [0.2, 0.25) is 0 Å². The van der Waals surface area contributed by atoms with Gasteiger partial charge in [-0.1, -0.05) is 72.8 Å². The molecule has 49 heavy (non-hydrogen) atoms. The Morgan fingerprint density at radius 1 is 0.327 bits per heavy atom. The van der Waals surface area contributed by atoms with Gasteiger partial charge in [-0.3, -0.25) is 0 Å². The molecule has 8 aromatic carbocycles. The Hall–Kier alpha value is -5.90. The summed E-state index contributed by atoms with van der Waals surface area (Å²) >= 11 is 1.88. The van der Waals surface area contributed by atoms with Crippen molar-refractivity contribution >= 4 is 87.2 Å². The molecule has 0 amide bonds. The van der Waals surface area contributed by atoms with Crippen LogP contribution >= 0.6 is 11.3 Å². The molecule has 0 fully saturated rings. The van der Waals surface area contributed by atoms with Crippen LogP contribution in [0.25, 0.3) is 41.7 Å². The van der Waals surface area contributed by atoms with Crippen molar-refractivity contribution in [2.75, 3.05) is 9.80 Å². The minimum Gasteiger partial charge on any atom is -0.310 e. The minimum absolute atomic E-state index is 1.15. The van der Waals surface area contributed by atoms with Gasteiger partial charge >= 0.3 is 0 Å². The van der Waals surface area contributed by atoms with Gasteiger partial charge in [0.05, 0.1) is 0 Å². The normalized spacial score (nSPS) is 11.5. The zero-order chi connectivity index (χ0) is 32.9. The average molecular weight is 647 g/mol. The Morgan fingerprint density at radius 3 is 1.16 bits per heavy atom. The monoisotopic (exact) mass is 646 g/mol. The highest BCUT2D eigenvalue weighted by atomic mass is 32.1. The van der Waals surface area contributed by atoms with Crippen molar-refractivity contribution < 1.29 is 0 Å². The van der Waals surface area contributed by atoms with E-state index < -0.39 is 0 Å². The number of thiophene rings is 1. The predicted molar refractivity (Wildman–Crippen MR) is 213 cm³/mol. The molecule has 0 bridgehead atoms. The van der Waals surface area contributed by atoms with Crippen LogP contribution in [-0.4, -0.2) is 0 Å². The summed E-state index contributed by atoms with van der Waals surface area (Å²) in [4.78, 5) is 4.70. The molecule has 0 aliphatic heterocycles. The lowest BCUT2D eigenvalue weighted by Gasteiger charge is -2.26. The topological polar surface area (TPSA) is 6.48 Å². The third-order valence-electron chi connectivity index (χ3n) is 9.42. The summed E-state index contributed by atoms with van der Waals surface area (Å²) in [6, 6.07) is 62.0. The lowest BCUT2D eigenvalue weighted by molar-refractivity contribution is 1.28.